The molecule has 1 aliphatic heterocycles. The van der Waals surface area contributed by atoms with Crippen LogP contribution < -0.4 is 5.73 Å². The summed E-state index contributed by atoms with van der Waals surface area (Å²) in [6.45, 7) is 1.46. The number of benzene rings is 1. The molecule has 1 aliphatic rings. The molecule has 0 spiro atoms. The first-order valence-electron chi connectivity index (χ1n) is 7.05. The zero-order valence-corrected chi connectivity index (χ0v) is 11.9. The van der Waals surface area contributed by atoms with Gasteiger partial charge in [-0.15, -0.1) is 0 Å². The average Bonchev–Trinajstić information content (AvgIpc) is 2.46. The second-order valence-electron chi connectivity index (χ2n) is 5.21. The molecule has 1 fully saturated rings. The smallest absolute Gasteiger partial charge is 0.246 e. The molecule has 1 heterocycles. The van der Waals surface area contributed by atoms with E-state index in [4.69, 9.17) is 10.5 Å². The molecule has 1 atom stereocenters. The second-order valence-corrected chi connectivity index (χ2v) is 5.21. The lowest BCUT2D eigenvalue weighted by molar-refractivity contribution is -0.127. The van der Waals surface area contributed by atoms with Crippen molar-refractivity contribution in [2.45, 2.75) is 25.4 Å². The molecule has 0 saturated carbocycles. The standard InChI is InChI=1S/C16H22N2O2/c1-18(12-15-7-2-3-10-20-15)16(19)9-8-13-5-4-6-14(17)11-13/h4-6,8-9,11,15H,2-3,7,10,12,17H2,1H3/b9-8+. The maximum Gasteiger partial charge on any atom is 0.246 e. The number of amides is 1. The van der Waals surface area contributed by atoms with Crippen LogP contribution in [0.2, 0.25) is 0 Å². The van der Waals surface area contributed by atoms with Crippen LogP contribution in [0.4, 0.5) is 5.69 Å². The Hall–Kier alpha value is -1.81. The van der Waals surface area contributed by atoms with Gasteiger partial charge >= 0.3 is 0 Å². The highest BCUT2D eigenvalue weighted by molar-refractivity contribution is 5.91. The fourth-order valence-electron chi connectivity index (χ4n) is 2.30. The molecular weight excluding hydrogens is 252 g/mol. The van der Waals surface area contributed by atoms with Gasteiger partial charge in [-0.1, -0.05) is 12.1 Å². The number of hydrogen-bond acceptors (Lipinski definition) is 3. The summed E-state index contributed by atoms with van der Waals surface area (Å²) < 4.78 is 5.64. The van der Waals surface area contributed by atoms with E-state index in [0.717, 1.165) is 25.0 Å². The predicted molar refractivity (Wildman–Crippen MR) is 81.1 cm³/mol. The molecule has 2 N–H and O–H groups in total. The van der Waals surface area contributed by atoms with Crippen LogP contribution in [0.25, 0.3) is 6.08 Å². The molecule has 2 rings (SSSR count). The van der Waals surface area contributed by atoms with Gasteiger partial charge in [0, 0.05) is 32.0 Å². The van der Waals surface area contributed by atoms with E-state index in [1.165, 1.54) is 6.42 Å². The highest BCUT2D eigenvalue weighted by Crippen LogP contribution is 2.14. The molecule has 0 aliphatic carbocycles. The zero-order chi connectivity index (χ0) is 14.4. The molecule has 4 heteroatoms. The zero-order valence-electron chi connectivity index (χ0n) is 11.9. The van der Waals surface area contributed by atoms with Gasteiger partial charge in [-0.05, 0) is 43.0 Å². The van der Waals surface area contributed by atoms with Gasteiger partial charge in [-0.3, -0.25) is 4.79 Å². The molecule has 20 heavy (non-hydrogen) atoms. The Kier molecular flexibility index (Phi) is 5.18. The third-order valence-electron chi connectivity index (χ3n) is 3.46. The van der Waals surface area contributed by atoms with Gasteiger partial charge in [-0.25, -0.2) is 0 Å². The SMILES string of the molecule is CN(CC1CCCCO1)C(=O)/C=C/c1cccc(N)c1. The van der Waals surface area contributed by atoms with Gasteiger partial charge in [-0.2, -0.15) is 0 Å². The fourth-order valence-corrected chi connectivity index (χ4v) is 2.30. The molecule has 108 valence electrons. The number of anilines is 1. The first kappa shape index (κ1) is 14.6. The van der Waals surface area contributed by atoms with Crippen LogP contribution in [-0.2, 0) is 9.53 Å². The number of nitrogens with zero attached hydrogens (tertiary/aromatic N) is 1. The highest BCUT2D eigenvalue weighted by atomic mass is 16.5. The second kappa shape index (κ2) is 7.10. The maximum atomic E-state index is 12.0. The summed E-state index contributed by atoms with van der Waals surface area (Å²) in [5, 5.41) is 0. The Morgan fingerprint density at radius 3 is 3.05 bits per heavy atom. The van der Waals surface area contributed by atoms with Crippen molar-refractivity contribution in [3.8, 4) is 0 Å². The van der Waals surface area contributed by atoms with Crippen molar-refractivity contribution in [3.63, 3.8) is 0 Å². The van der Waals surface area contributed by atoms with Crippen LogP contribution >= 0.6 is 0 Å². The number of hydrogen-bond donors (Lipinski definition) is 1. The Bertz CT molecular complexity index is 479. The first-order chi connectivity index (χ1) is 9.65. The van der Waals surface area contributed by atoms with E-state index in [0.29, 0.717) is 12.2 Å². The van der Waals surface area contributed by atoms with Crippen molar-refractivity contribution in [2.75, 3.05) is 25.9 Å². The van der Waals surface area contributed by atoms with Gasteiger partial charge in [0.1, 0.15) is 0 Å². The van der Waals surface area contributed by atoms with Crippen molar-refractivity contribution in [1.82, 2.24) is 4.90 Å². The van der Waals surface area contributed by atoms with E-state index >= 15 is 0 Å². The van der Waals surface area contributed by atoms with E-state index in [1.54, 1.807) is 17.1 Å². The fraction of sp³-hybridized carbons (Fsp3) is 0.438. The molecule has 0 aromatic heterocycles. The molecule has 1 aromatic rings. The van der Waals surface area contributed by atoms with Crippen LogP contribution in [0.5, 0.6) is 0 Å². The summed E-state index contributed by atoms with van der Waals surface area (Å²) in [6, 6.07) is 7.46. The highest BCUT2D eigenvalue weighted by Gasteiger charge is 2.17. The lowest BCUT2D eigenvalue weighted by atomic mass is 10.1. The predicted octanol–water partition coefficient (Wildman–Crippen LogP) is 2.31. The Morgan fingerprint density at radius 2 is 2.35 bits per heavy atom. The first-order valence-corrected chi connectivity index (χ1v) is 7.05. The summed E-state index contributed by atoms with van der Waals surface area (Å²) in [5.74, 6) is -0.0124. The summed E-state index contributed by atoms with van der Waals surface area (Å²) in [6.07, 6.45) is 6.90. The normalized spacial score (nSPS) is 19.1. The van der Waals surface area contributed by atoms with Crippen LogP contribution in [0.15, 0.2) is 30.3 Å². The number of rotatable bonds is 4. The summed E-state index contributed by atoms with van der Waals surface area (Å²) in [4.78, 5) is 13.7. The molecule has 0 bridgehead atoms. The van der Waals surface area contributed by atoms with E-state index in [9.17, 15) is 4.79 Å². The van der Waals surface area contributed by atoms with Crippen LogP contribution in [0, 0.1) is 0 Å². The molecule has 0 radical (unpaired) electrons. The van der Waals surface area contributed by atoms with E-state index in [2.05, 4.69) is 0 Å². The topological polar surface area (TPSA) is 55.6 Å². The quantitative estimate of drug-likeness (QED) is 0.677. The number of nitrogens with two attached hydrogens (primary N) is 1. The number of likely N-dealkylation sites (N-methyl/N-ethyl adjacent to an activating group) is 1. The van der Waals surface area contributed by atoms with Crippen molar-refractivity contribution in [1.29, 1.82) is 0 Å². The number of carbonyl (C=O) groups is 1. The average molecular weight is 274 g/mol. The minimum absolute atomic E-state index is 0.0124. The Balaban J connectivity index is 1.86. The van der Waals surface area contributed by atoms with Crippen molar-refractivity contribution < 1.29 is 9.53 Å². The number of ether oxygens (including phenoxy) is 1. The third-order valence-corrected chi connectivity index (χ3v) is 3.46. The van der Waals surface area contributed by atoms with E-state index in [-0.39, 0.29) is 12.0 Å². The minimum Gasteiger partial charge on any atom is -0.399 e. The van der Waals surface area contributed by atoms with E-state index < -0.39 is 0 Å². The monoisotopic (exact) mass is 274 g/mol. The molecular formula is C16H22N2O2. The molecule has 1 saturated heterocycles. The maximum absolute atomic E-state index is 12.0. The van der Waals surface area contributed by atoms with Gasteiger partial charge in [0.05, 0.1) is 6.10 Å². The number of nitrogen functional groups attached to an aromatic ring is 1. The van der Waals surface area contributed by atoms with Crippen molar-refractivity contribution in [2.24, 2.45) is 0 Å². The lowest BCUT2D eigenvalue weighted by Crippen LogP contribution is -2.36. The van der Waals surface area contributed by atoms with Gasteiger partial charge in [0.2, 0.25) is 5.91 Å². The van der Waals surface area contributed by atoms with Crippen molar-refractivity contribution >= 4 is 17.7 Å². The lowest BCUT2D eigenvalue weighted by Gasteiger charge is -2.26. The molecule has 4 nitrogen and oxygen atoms in total. The van der Waals surface area contributed by atoms with Crippen LogP contribution in [0.1, 0.15) is 24.8 Å². The van der Waals surface area contributed by atoms with Gasteiger partial charge in [0.15, 0.2) is 0 Å². The molecule has 1 unspecified atom stereocenters. The van der Waals surface area contributed by atoms with Gasteiger partial charge in [0.25, 0.3) is 0 Å². The molecule has 1 aromatic carbocycles. The number of carbonyl (C=O) groups excluding carboxylic acids is 1. The minimum atomic E-state index is -0.0124. The Labute approximate surface area is 120 Å². The third kappa shape index (κ3) is 4.38. The summed E-state index contributed by atoms with van der Waals surface area (Å²) >= 11 is 0. The summed E-state index contributed by atoms with van der Waals surface area (Å²) in [7, 11) is 1.81. The Morgan fingerprint density at radius 1 is 1.50 bits per heavy atom. The molecule has 1 amide bonds. The van der Waals surface area contributed by atoms with Crippen molar-refractivity contribution in [3.05, 3.63) is 35.9 Å². The van der Waals surface area contributed by atoms with E-state index in [1.807, 2.05) is 31.3 Å². The van der Waals surface area contributed by atoms with Crippen LogP contribution in [-0.4, -0.2) is 37.1 Å². The summed E-state index contributed by atoms with van der Waals surface area (Å²) in [5.41, 5.74) is 7.33. The van der Waals surface area contributed by atoms with Crippen LogP contribution in [0.3, 0.4) is 0 Å². The largest absolute Gasteiger partial charge is 0.399 e. The van der Waals surface area contributed by atoms with Gasteiger partial charge < -0.3 is 15.4 Å².